The lowest BCUT2D eigenvalue weighted by molar-refractivity contribution is 0.661. The molecular formula is C33H23Br2N. The van der Waals surface area contributed by atoms with Gasteiger partial charge in [0.25, 0.3) is 0 Å². The first kappa shape index (κ1) is 22.1. The number of fused-ring (bicyclic) bond motifs is 6. The van der Waals surface area contributed by atoms with E-state index in [1.54, 1.807) is 0 Å². The van der Waals surface area contributed by atoms with E-state index in [0.29, 0.717) is 0 Å². The smallest absolute Gasteiger partial charge is 0.0547 e. The summed E-state index contributed by atoms with van der Waals surface area (Å²) in [6.45, 7) is 4.68. The van der Waals surface area contributed by atoms with Crippen LogP contribution in [-0.4, -0.2) is 4.57 Å². The topological polar surface area (TPSA) is 4.93 Å². The van der Waals surface area contributed by atoms with E-state index in [1.807, 2.05) is 0 Å². The Bertz CT molecular complexity index is 1810. The van der Waals surface area contributed by atoms with Crippen LogP contribution >= 0.6 is 31.9 Å². The molecule has 36 heavy (non-hydrogen) atoms. The van der Waals surface area contributed by atoms with Crippen molar-refractivity contribution < 1.29 is 0 Å². The van der Waals surface area contributed by atoms with Crippen LogP contribution in [0, 0.1) is 0 Å². The number of hydrogen-bond donors (Lipinski definition) is 0. The fraction of sp³-hybridized carbons (Fsp3) is 0.0909. The Balaban J connectivity index is 1.51. The third kappa shape index (κ3) is 3.19. The zero-order valence-corrected chi connectivity index (χ0v) is 23.2. The minimum absolute atomic E-state index is 0.0552. The van der Waals surface area contributed by atoms with Gasteiger partial charge in [-0.05, 0) is 88.0 Å². The van der Waals surface area contributed by atoms with E-state index in [-0.39, 0.29) is 5.41 Å². The first-order chi connectivity index (χ1) is 17.4. The average molecular weight is 593 g/mol. The summed E-state index contributed by atoms with van der Waals surface area (Å²) in [5.74, 6) is 0. The van der Waals surface area contributed by atoms with E-state index in [4.69, 9.17) is 0 Å². The van der Waals surface area contributed by atoms with Crippen molar-refractivity contribution in [2.45, 2.75) is 19.3 Å². The van der Waals surface area contributed by atoms with Gasteiger partial charge in [0.1, 0.15) is 0 Å². The monoisotopic (exact) mass is 591 g/mol. The Morgan fingerprint density at radius 3 is 1.97 bits per heavy atom. The highest BCUT2D eigenvalue weighted by atomic mass is 79.9. The number of rotatable bonds is 2. The van der Waals surface area contributed by atoms with Crippen molar-refractivity contribution >= 4 is 53.7 Å². The Kier molecular flexibility index (Phi) is 4.86. The Hall–Kier alpha value is -3.14. The normalized spacial score (nSPS) is 13.8. The van der Waals surface area contributed by atoms with E-state index in [2.05, 4.69) is 153 Å². The van der Waals surface area contributed by atoms with Gasteiger partial charge in [0.2, 0.25) is 0 Å². The zero-order chi connectivity index (χ0) is 24.6. The first-order valence-corrected chi connectivity index (χ1v) is 13.7. The fourth-order valence-electron chi connectivity index (χ4n) is 5.90. The number of hydrogen-bond acceptors (Lipinski definition) is 0. The van der Waals surface area contributed by atoms with Crippen molar-refractivity contribution in [3.05, 3.63) is 123 Å². The Morgan fingerprint density at radius 2 is 1.19 bits per heavy atom. The van der Waals surface area contributed by atoms with E-state index < -0.39 is 0 Å². The lowest BCUT2D eigenvalue weighted by Gasteiger charge is -2.21. The van der Waals surface area contributed by atoms with E-state index in [9.17, 15) is 0 Å². The van der Waals surface area contributed by atoms with Gasteiger partial charge in [0.05, 0.1) is 11.0 Å². The average Bonchev–Trinajstić information content (AvgIpc) is 3.31. The van der Waals surface area contributed by atoms with Crippen LogP contribution in [0.4, 0.5) is 0 Å². The second-order valence-electron chi connectivity index (χ2n) is 10.1. The van der Waals surface area contributed by atoms with Gasteiger partial charge >= 0.3 is 0 Å². The van der Waals surface area contributed by atoms with Crippen LogP contribution in [0.1, 0.15) is 25.0 Å². The highest BCUT2D eigenvalue weighted by Gasteiger charge is 2.36. The van der Waals surface area contributed by atoms with E-state index in [1.165, 1.54) is 60.9 Å². The van der Waals surface area contributed by atoms with Crippen LogP contribution in [0.15, 0.2) is 112 Å². The molecule has 0 unspecified atom stereocenters. The lowest BCUT2D eigenvalue weighted by Crippen LogP contribution is -2.14. The van der Waals surface area contributed by atoms with Crippen LogP contribution in [0.3, 0.4) is 0 Å². The predicted molar refractivity (Wildman–Crippen MR) is 159 cm³/mol. The molecule has 0 spiro atoms. The summed E-state index contributed by atoms with van der Waals surface area (Å²) in [7, 11) is 0. The maximum atomic E-state index is 3.72. The summed E-state index contributed by atoms with van der Waals surface area (Å²) in [5.41, 5.74) is 11.5. The summed E-state index contributed by atoms with van der Waals surface area (Å²) < 4.78 is 4.64. The summed E-state index contributed by atoms with van der Waals surface area (Å²) in [6, 6.07) is 37.7. The van der Waals surface area contributed by atoms with Gasteiger partial charge in [-0.1, -0.05) is 94.2 Å². The predicted octanol–water partition coefficient (Wildman–Crippen LogP) is 10.3. The van der Waals surface area contributed by atoms with Crippen molar-refractivity contribution in [1.29, 1.82) is 0 Å². The number of aromatic nitrogens is 1. The van der Waals surface area contributed by atoms with Crippen LogP contribution in [-0.2, 0) is 5.41 Å². The summed E-state index contributed by atoms with van der Waals surface area (Å²) in [6.07, 6.45) is 0. The van der Waals surface area contributed by atoms with Gasteiger partial charge in [-0.3, -0.25) is 0 Å². The first-order valence-electron chi connectivity index (χ1n) is 12.2. The number of halogens is 2. The molecule has 3 heteroatoms. The summed E-state index contributed by atoms with van der Waals surface area (Å²) >= 11 is 7.41. The molecule has 1 aliphatic rings. The van der Waals surface area contributed by atoms with Crippen LogP contribution < -0.4 is 0 Å². The SMILES string of the molecule is CC1(C)c2cc(Br)ccc2-c2cc3c(cc21)c1cc(Br)ccc1n3-c1ccc(-c2ccccc2)cc1. The zero-order valence-electron chi connectivity index (χ0n) is 20.0. The highest BCUT2D eigenvalue weighted by Crippen LogP contribution is 2.51. The third-order valence-electron chi connectivity index (χ3n) is 7.72. The second kappa shape index (κ2) is 7.93. The number of nitrogens with zero attached hydrogens (tertiary/aromatic N) is 1. The molecule has 1 nitrogen and oxygen atoms in total. The van der Waals surface area contributed by atoms with Crippen molar-refractivity contribution in [3.63, 3.8) is 0 Å². The second-order valence-corrected chi connectivity index (χ2v) is 12.0. The molecule has 5 aromatic carbocycles. The minimum Gasteiger partial charge on any atom is -0.309 e. The summed E-state index contributed by atoms with van der Waals surface area (Å²) in [5, 5.41) is 2.55. The summed E-state index contributed by atoms with van der Waals surface area (Å²) in [4.78, 5) is 0. The maximum Gasteiger partial charge on any atom is 0.0547 e. The molecule has 1 heterocycles. The lowest BCUT2D eigenvalue weighted by atomic mass is 9.82. The van der Waals surface area contributed by atoms with Crippen molar-refractivity contribution in [2.24, 2.45) is 0 Å². The molecule has 0 N–H and O–H groups in total. The molecule has 7 rings (SSSR count). The third-order valence-corrected chi connectivity index (χ3v) is 8.70. The fourth-order valence-corrected chi connectivity index (χ4v) is 6.63. The molecule has 1 aromatic heterocycles. The minimum atomic E-state index is -0.0552. The molecule has 6 aromatic rings. The molecule has 0 amide bonds. The molecule has 0 saturated carbocycles. The van der Waals surface area contributed by atoms with Crippen LogP contribution in [0.25, 0.3) is 49.7 Å². The molecule has 0 saturated heterocycles. The molecule has 0 atom stereocenters. The van der Waals surface area contributed by atoms with Gasteiger partial charge in [0.15, 0.2) is 0 Å². The highest BCUT2D eigenvalue weighted by molar-refractivity contribution is 9.10. The maximum absolute atomic E-state index is 3.72. The van der Waals surface area contributed by atoms with Crippen molar-refractivity contribution in [3.8, 4) is 27.9 Å². The molecule has 0 fully saturated rings. The van der Waals surface area contributed by atoms with Gasteiger partial charge in [-0.2, -0.15) is 0 Å². The van der Waals surface area contributed by atoms with Gasteiger partial charge in [-0.25, -0.2) is 0 Å². The molecule has 0 aliphatic heterocycles. The molecule has 0 bridgehead atoms. The molecular weight excluding hydrogens is 570 g/mol. The molecule has 174 valence electrons. The quantitative estimate of drug-likeness (QED) is 0.188. The van der Waals surface area contributed by atoms with E-state index in [0.717, 1.165) is 8.95 Å². The van der Waals surface area contributed by atoms with E-state index >= 15 is 0 Å². The molecule has 0 radical (unpaired) electrons. The van der Waals surface area contributed by atoms with Crippen LogP contribution in [0.2, 0.25) is 0 Å². The van der Waals surface area contributed by atoms with Crippen LogP contribution in [0.5, 0.6) is 0 Å². The van der Waals surface area contributed by atoms with Crippen molar-refractivity contribution in [1.82, 2.24) is 4.57 Å². The van der Waals surface area contributed by atoms with Gasteiger partial charge < -0.3 is 4.57 Å². The number of benzene rings is 5. The van der Waals surface area contributed by atoms with Gasteiger partial charge in [0, 0.05) is 30.8 Å². The molecule has 1 aliphatic carbocycles. The Morgan fingerprint density at radius 1 is 0.556 bits per heavy atom. The van der Waals surface area contributed by atoms with Crippen molar-refractivity contribution in [2.75, 3.05) is 0 Å². The van der Waals surface area contributed by atoms with Gasteiger partial charge in [-0.15, -0.1) is 0 Å². The Labute approximate surface area is 227 Å². The standard InChI is InChI=1S/C33H23Br2N/c1-33(2)29-17-23(35)10-14-25(29)26-19-32-28(18-30(26)33)27-16-22(34)11-15-31(27)36(32)24-12-8-21(9-13-24)20-6-4-3-5-7-20/h3-19H,1-2H3. The largest absolute Gasteiger partial charge is 0.309 e.